The molecule has 1 aliphatic heterocycles. The zero-order valence-electron chi connectivity index (χ0n) is 16.1. The summed E-state index contributed by atoms with van der Waals surface area (Å²) in [5.41, 5.74) is 4.06. The molecule has 2 aromatic carbocycles. The molecule has 6 heteroatoms. The molecule has 0 aliphatic carbocycles. The van der Waals surface area contributed by atoms with Crippen LogP contribution in [0.4, 0.5) is 5.69 Å². The van der Waals surface area contributed by atoms with Crippen LogP contribution in [0.25, 0.3) is 0 Å². The molecule has 0 unspecified atom stereocenters. The van der Waals surface area contributed by atoms with Crippen molar-refractivity contribution in [2.24, 2.45) is 0 Å². The van der Waals surface area contributed by atoms with Crippen molar-refractivity contribution in [3.63, 3.8) is 0 Å². The van der Waals surface area contributed by atoms with E-state index in [4.69, 9.17) is 4.42 Å². The van der Waals surface area contributed by atoms with E-state index in [9.17, 15) is 8.42 Å². The Bertz CT molecular complexity index is 1070. The Kier molecular flexibility index (Phi) is 5.00. The first-order valence-corrected chi connectivity index (χ1v) is 10.9. The molecule has 0 bridgehead atoms. The number of fused-ring (bicyclic) bond motifs is 1. The Morgan fingerprint density at radius 3 is 2.71 bits per heavy atom. The third kappa shape index (κ3) is 3.57. The molecule has 5 nitrogen and oxygen atoms in total. The summed E-state index contributed by atoms with van der Waals surface area (Å²) >= 11 is 0. The Hall–Kier alpha value is -2.57. The molecule has 1 atom stereocenters. The summed E-state index contributed by atoms with van der Waals surface area (Å²) in [6.45, 7) is 4.77. The van der Waals surface area contributed by atoms with Crippen LogP contribution in [-0.4, -0.2) is 21.5 Å². The first-order valence-electron chi connectivity index (χ1n) is 9.40. The van der Waals surface area contributed by atoms with E-state index in [1.54, 1.807) is 12.3 Å². The Morgan fingerprint density at radius 1 is 1.11 bits per heavy atom. The van der Waals surface area contributed by atoms with Gasteiger partial charge in [0.05, 0.1) is 11.2 Å². The van der Waals surface area contributed by atoms with E-state index in [1.165, 1.54) is 5.56 Å². The van der Waals surface area contributed by atoms with Gasteiger partial charge in [-0.05, 0) is 61.2 Å². The Morgan fingerprint density at radius 2 is 1.93 bits per heavy atom. The smallest absolute Gasteiger partial charge is 0.240 e. The first kappa shape index (κ1) is 18.8. The molecule has 0 spiro atoms. The van der Waals surface area contributed by atoms with E-state index in [0.717, 1.165) is 35.5 Å². The topological polar surface area (TPSA) is 62.6 Å². The summed E-state index contributed by atoms with van der Waals surface area (Å²) in [6.07, 6.45) is 2.57. The summed E-state index contributed by atoms with van der Waals surface area (Å²) in [5.74, 6) is 0.750. The average molecular weight is 397 g/mol. The minimum absolute atomic E-state index is 0.210. The molecule has 4 rings (SSSR count). The van der Waals surface area contributed by atoms with Crippen molar-refractivity contribution in [2.75, 3.05) is 18.0 Å². The SMILES string of the molecule is Cc1ccc(C)c(S(=O)(=O)NC[C@@H](c2ccco2)N2CCc3ccccc32)c1. The van der Waals surface area contributed by atoms with E-state index < -0.39 is 10.0 Å². The molecule has 2 heterocycles. The van der Waals surface area contributed by atoms with Crippen molar-refractivity contribution in [1.82, 2.24) is 4.72 Å². The molecular formula is C22H24N2O3S. The van der Waals surface area contributed by atoms with E-state index in [-0.39, 0.29) is 12.6 Å². The molecule has 28 heavy (non-hydrogen) atoms. The van der Waals surface area contributed by atoms with Crippen LogP contribution in [0, 0.1) is 13.8 Å². The van der Waals surface area contributed by atoms with Gasteiger partial charge in [-0.25, -0.2) is 13.1 Å². The van der Waals surface area contributed by atoms with Gasteiger partial charge in [-0.3, -0.25) is 0 Å². The summed E-state index contributed by atoms with van der Waals surface area (Å²) in [6, 6.07) is 17.2. The zero-order valence-corrected chi connectivity index (χ0v) is 16.9. The van der Waals surface area contributed by atoms with Crippen LogP contribution < -0.4 is 9.62 Å². The molecule has 0 fully saturated rings. The van der Waals surface area contributed by atoms with E-state index in [0.29, 0.717) is 4.90 Å². The lowest BCUT2D eigenvalue weighted by Gasteiger charge is -2.29. The number of nitrogens with zero attached hydrogens (tertiary/aromatic N) is 1. The third-order valence-electron chi connectivity index (χ3n) is 5.27. The maximum absolute atomic E-state index is 13.0. The number of furan rings is 1. The van der Waals surface area contributed by atoms with Gasteiger partial charge in [-0.1, -0.05) is 30.3 Å². The number of rotatable bonds is 6. The van der Waals surface area contributed by atoms with Gasteiger partial charge in [0.15, 0.2) is 0 Å². The molecule has 146 valence electrons. The molecule has 1 N–H and O–H groups in total. The number of nitrogens with one attached hydrogen (secondary N) is 1. The van der Waals surface area contributed by atoms with Crippen LogP contribution >= 0.6 is 0 Å². The van der Waals surface area contributed by atoms with E-state index in [1.807, 2.05) is 50.2 Å². The maximum atomic E-state index is 13.0. The molecular weight excluding hydrogens is 372 g/mol. The number of para-hydroxylation sites is 1. The first-order chi connectivity index (χ1) is 13.5. The van der Waals surface area contributed by atoms with Crippen molar-refractivity contribution >= 4 is 15.7 Å². The van der Waals surface area contributed by atoms with Crippen LogP contribution in [0.1, 0.15) is 28.5 Å². The number of hydrogen-bond acceptors (Lipinski definition) is 4. The van der Waals surface area contributed by atoms with Crippen LogP contribution in [0.5, 0.6) is 0 Å². The average Bonchev–Trinajstić information content (AvgIpc) is 3.35. The number of sulfonamides is 1. The molecule has 1 aliphatic rings. The zero-order chi connectivity index (χ0) is 19.7. The molecule has 3 aromatic rings. The van der Waals surface area contributed by atoms with E-state index in [2.05, 4.69) is 21.8 Å². The van der Waals surface area contributed by atoms with Gasteiger partial charge in [0.2, 0.25) is 10.0 Å². The molecule has 0 radical (unpaired) electrons. The highest BCUT2D eigenvalue weighted by Gasteiger charge is 2.30. The van der Waals surface area contributed by atoms with Gasteiger partial charge < -0.3 is 9.32 Å². The van der Waals surface area contributed by atoms with Crippen LogP contribution in [-0.2, 0) is 16.4 Å². The third-order valence-corrected chi connectivity index (χ3v) is 6.84. The number of hydrogen-bond donors (Lipinski definition) is 1. The summed E-state index contributed by atoms with van der Waals surface area (Å²) < 4.78 is 34.4. The highest BCUT2D eigenvalue weighted by atomic mass is 32.2. The number of aryl methyl sites for hydroxylation is 2. The molecule has 0 saturated carbocycles. The summed E-state index contributed by atoms with van der Waals surface area (Å²) in [7, 11) is -3.62. The van der Waals surface area contributed by atoms with Gasteiger partial charge in [0, 0.05) is 18.8 Å². The predicted octanol–water partition coefficient (Wildman–Crippen LogP) is 3.98. The van der Waals surface area contributed by atoms with Gasteiger partial charge >= 0.3 is 0 Å². The fraction of sp³-hybridized carbons (Fsp3) is 0.273. The lowest BCUT2D eigenvalue weighted by molar-refractivity contribution is 0.447. The monoisotopic (exact) mass is 396 g/mol. The highest BCUT2D eigenvalue weighted by Crippen LogP contribution is 2.35. The Balaban J connectivity index is 1.62. The fourth-order valence-electron chi connectivity index (χ4n) is 3.80. The minimum atomic E-state index is -3.62. The van der Waals surface area contributed by atoms with Crippen molar-refractivity contribution in [2.45, 2.75) is 31.2 Å². The predicted molar refractivity (Wildman–Crippen MR) is 110 cm³/mol. The van der Waals surface area contributed by atoms with Gasteiger partial charge in [0.1, 0.15) is 11.8 Å². The second-order valence-corrected chi connectivity index (χ2v) is 8.96. The van der Waals surface area contributed by atoms with Gasteiger partial charge in [0.25, 0.3) is 0 Å². The highest BCUT2D eigenvalue weighted by molar-refractivity contribution is 7.89. The fourth-order valence-corrected chi connectivity index (χ4v) is 5.16. The van der Waals surface area contributed by atoms with Gasteiger partial charge in [-0.15, -0.1) is 0 Å². The molecule has 1 aromatic heterocycles. The standard InChI is InChI=1S/C22H24N2O3S/c1-16-9-10-17(2)22(14-16)28(25,26)23-15-20(21-8-5-13-27-21)24-12-11-18-6-3-4-7-19(18)24/h3-10,13-14,20,23H,11-12,15H2,1-2H3/t20-/m0/s1. The van der Waals surface area contributed by atoms with Crippen LogP contribution in [0.15, 0.2) is 70.2 Å². The summed E-state index contributed by atoms with van der Waals surface area (Å²) in [4.78, 5) is 2.55. The van der Waals surface area contributed by atoms with Gasteiger partial charge in [-0.2, -0.15) is 0 Å². The minimum Gasteiger partial charge on any atom is -0.467 e. The molecule has 0 saturated heterocycles. The quantitative estimate of drug-likeness (QED) is 0.685. The normalized spacial score (nSPS) is 14.9. The van der Waals surface area contributed by atoms with E-state index >= 15 is 0 Å². The van der Waals surface area contributed by atoms with Crippen molar-refractivity contribution in [3.8, 4) is 0 Å². The number of benzene rings is 2. The maximum Gasteiger partial charge on any atom is 0.240 e. The second kappa shape index (κ2) is 7.45. The van der Waals surface area contributed by atoms with Crippen molar-refractivity contribution in [1.29, 1.82) is 0 Å². The Labute approximate surface area is 166 Å². The van der Waals surface area contributed by atoms with Crippen molar-refractivity contribution < 1.29 is 12.8 Å². The lowest BCUT2D eigenvalue weighted by Crippen LogP contribution is -2.37. The van der Waals surface area contributed by atoms with Crippen molar-refractivity contribution in [3.05, 3.63) is 83.3 Å². The lowest BCUT2D eigenvalue weighted by atomic mass is 10.1. The number of anilines is 1. The van der Waals surface area contributed by atoms with Crippen LogP contribution in [0.2, 0.25) is 0 Å². The van der Waals surface area contributed by atoms with Crippen LogP contribution in [0.3, 0.4) is 0 Å². The summed E-state index contributed by atoms with van der Waals surface area (Å²) in [5, 5.41) is 0. The largest absolute Gasteiger partial charge is 0.467 e. The second-order valence-electron chi connectivity index (χ2n) is 7.22. The molecule has 0 amide bonds.